The molecule has 1 rings (SSSR count). The molecule has 16 heavy (non-hydrogen) atoms. The molecule has 0 saturated heterocycles. The molecule has 0 atom stereocenters. The van der Waals surface area contributed by atoms with Gasteiger partial charge in [-0.1, -0.05) is 29.8 Å². The van der Waals surface area contributed by atoms with E-state index in [1.807, 2.05) is 18.5 Å². The molecule has 1 heterocycles. The number of rotatable bonds is 7. The summed E-state index contributed by atoms with van der Waals surface area (Å²) in [6.45, 7) is 6.37. The Labute approximate surface area is 106 Å². The second kappa shape index (κ2) is 7.74. The normalized spacial score (nSPS) is 11.3. The third kappa shape index (κ3) is 4.18. The molecule has 0 aliphatic carbocycles. The predicted molar refractivity (Wildman–Crippen MR) is 70.6 cm³/mol. The van der Waals surface area contributed by atoms with Gasteiger partial charge in [-0.3, -0.25) is 4.90 Å². The van der Waals surface area contributed by atoms with Crippen molar-refractivity contribution in [1.29, 1.82) is 0 Å². The van der Waals surface area contributed by atoms with Crippen molar-refractivity contribution in [1.82, 2.24) is 14.9 Å². The lowest BCUT2D eigenvalue weighted by Crippen LogP contribution is -2.35. The lowest BCUT2D eigenvalue weighted by molar-refractivity contribution is 0.184. The van der Waals surface area contributed by atoms with Gasteiger partial charge in [0.15, 0.2) is 0 Å². The monoisotopic (exact) mass is 285 g/mol. The molecule has 0 N–H and O–H groups in total. The fraction of sp³-hybridized carbons (Fsp3) is 0.667. The third-order valence-electron chi connectivity index (χ3n) is 2.79. The highest BCUT2D eigenvalue weighted by Crippen LogP contribution is 2.11. The fourth-order valence-corrected chi connectivity index (χ4v) is 2.35. The number of halogens is 1. The Morgan fingerprint density at radius 1 is 1.25 bits per heavy atom. The average Bonchev–Trinajstić information content (AvgIpc) is 2.32. The summed E-state index contributed by atoms with van der Waals surface area (Å²) in [5, 5.41) is 0.996. The number of hydrogen-bond donors (Lipinski definition) is 0. The lowest BCUT2D eigenvalue weighted by atomic mass is 10.1. The molecule has 0 bridgehead atoms. The average molecular weight is 286 g/mol. The molecule has 4 heteroatoms. The Morgan fingerprint density at radius 2 is 1.88 bits per heavy atom. The molecule has 0 aromatic carbocycles. The zero-order chi connectivity index (χ0) is 11.8. The lowest BCUT2D eigenvalue weighted by Gasteiger charge is -2.29. The second-order valence-corrected chi connectivity index (χ2v) is 4.59. The second-order valence-electron chi connectivity index (χ2n) is 3.79. The molecule has 0 aliphatic heterocycles. The van der Waals surface area contributed by atoms with Gasteiger partial charge in [-0.25, -0.2) is 9.97 Å². The summed E-state index contributed by atoms with van der Waals surface area (Å²) < 4.78 is 0. The molecule has 0 saturated carbocycles. The fourth-order valence-electron chi connectivity index (χ4n) is 1.90. The van der Waals surface area contributed by atoms with Crippen LogP contribution in [0.15, 0.2) is 18.5 Å². The van der Waals surface area contributed by atoms with Crippen LogP contribution in [-0.4, -0.2) is 32.8 Å². The number of alkyl halides is 1. The van der Waals surface area contributed by atoms with Gasteiger partial charge in [0.25, 0.3) is 0 Å². The highest BCUT2D eigenvalue weighted by Gasteiger charge is 2.15. The van der Waals surface area contributed by atoms with Crippen molar-refractivity contribution in [3.63, 3.8) is 0 Å². The Hall–Kier alpha value is -0.480. The van der Waals surface area contributed by atoms with E-state index in [0.717, 1.165) is 24.2 Å². The Morgan fingerprint density at radius 3 is 2.38 bits per heavy atom. The topological polar surface area (TPSA) is 29.0 Å². The minimum absolute atomic E-state index is 0.626. The van der Waals surface area contributed by atoms with Crippen molar-refractivity contribution in [2.24, 2.45) is 0 Å². The van der Waals surface area contributed by atoms with Crippen LogP contribution in [0.4, 0.5) is 0 Å². The van der Waals surface area contributed by atoms with Crippen LogP contribution in [0.25, 0.3) is 0 Å². The molecule has 0 fully saturated rings. The van der Waals surface area contributed by atoms with Gasteiger partial charge in [0.05, 0.1) is 6.54 Å². The molecule has 0 unspecified atom stereocenters. The van der Waals surface area contributed by atoms with Crippen LogP contribution in [0.2, 0.25) is 0 Å². The standard InChI is InChI=1S/C12H20BrN3/c1-3-11(4-2)16(9-6-13)10-12-14-7-5-8-15-12/h5,7-8,11H,3-4,6,9-10H2,1-2H3. The minimum atomic E-state index is 0.626. The van der Waals surface area contributed by atoms with Crippen molar-refractivity contribution < 1.29 is 0 Å². The van der Waals surface area contributed by atoms with E-state index in [0.29, 0.717) is 6.04 Å². The Bertz CT molecular complexity index is 275. The highest BCUT2D eigenvalue weighted by atomic mass is 79.9. The predicted octanol–water partition coefficient (Wildman–Crippen LogP) is 2.86. The molecule has 1 aromatic heterocycles. The van der Waals surface area contributed by atoms with E-state index in [9.17, 15) is 0 Å². The van der Waals surface area contributed by atoms with Gasteiger partial charge in [0.2, 0.25) is 0 Å². The van der Waals surface area contributed by atoms with Gasteiger partial charge in [0.1, 0.15) is 5.82 Å². The number of hydrogen-bond acceptors (Lipinski definition) is 3. The van der Waals surface area contributed by atoms with E-state index < -0.39 is 0 Å². The van der Waals surface area contributed by atoms with E-state index in [1.54, 1.807) is 0 Å². The molecule has 1 aromatic rings. The van der Waals surface area contributed by atoms with Gasteiger partial charge < -0.3 is 0 Å². The highest BCUT2D eigenvalue weighted by molar-refractivity contribution is 9.09. The van der Waals surface area contributed by atoms with Crippen molar-refractivity contribution in [3.8, 4) is 0 Å². The quantitative estimate of drug-likeness (QED) is 0.722. The van der Waals surface area contributed by atoms with E-state index in [4.69, 9.17) is 0 Å². The third-order valence-corrected chi connectivity index (χ3v) is 3.15. The van der Waals surface area contributed by atoms with Crippen LogP contribution in [-0.2, 0) is 6.54 Å². The summed E-state index contributed by atoms with van der Waals surface area (Å²) in [5.74, 6) is 0.912. The van der Waals surface area contributed by atoms with E-state index in [-0.39, 0.29) is 0 Å². The smallest absolute Gasteiger partial charge is 0.142 e. The molecule has 0 spiro atoms. The maximum Gasteiger partial charge on any atom is 0.142 e. The number of nitrogens with zero attached hydrogens (tertiary/aromatic N) is 3. The molecule has 3 nitrogen and oxygen atoms in total. The summed E-state index contributed by atoms with van der Waals surface area (Å²) >= 11 is 3.51. The molecule has 90 valence electrons. The van der Waals surface area contributed by atoms with Crippen molar-refractivity contribution in [2.75, 3.05) is 11.9 Å². The van der Waals surface area contributed by atoms with Crippen LogP contribution in [0.1, 0.15) is 32.5 Å². The van der Waals surface area contributed by atoms with Crippen molar-refractivity contribution >= 4 is 15.9 Å². The van der Waals surface area contributed by atoms with Gasteiger partial charge in [-0.15, -0.1) is 0 Å². The van der Waals surface area contributed by atoms with E-state index >= 15 is 0 Å². The van der Waals surface area contributed by atoms with Gasteiger partial charge in [0, 0.05) is 30.3 Å². The molecular formula is C12H20BrN3. The first-order valence-electron chi connectivity index (χ1n) is 5.87. The first-order chi connectivity index (χ1) is 7.81. The first kappa shape index (κ1) is 13.6. The maximum absolute atomic E-state index is 4.28. The van der Waals surface area contributed by atoms with Crippen LogP contribution in [0, 0.1) is 0 Å². The van der Waals surface area contributed by atoms with Gasteiger partial charge >= 0.3 is 0 Å². The van der Waals surface area contributed by atoms with Crippen LogP contribution < -0.4 is 0 Å². The summed E-state index contributed by atoms with van der Waals surface area (Å²) in [4.78, 5) is 11.0. The Kier molecular flexibility index (Phi) is 6.57. The largest absolute Gasteiger partial charge is 0.292 e. The van der Waals surface area contributed by atoms with Crippen molar-refractivity contribution in [3.05, 3.63) is 24.3 Å². The zero-order valence-corrected chi connectivity index (χ0v) is 11.7. The van der Waals surface area contributed by atoms with Crippen LogP contribution in [0.5, 0.6) is 0 Å². The summed E-state index contributed by atoms with van der Waals surface area (Å²) in [5.41, 5.74) is 0. The van der Waals surface area contributed by atoms with Crippen molar-refractivity contribution in [2.45, 2.75) is 39.3 Å². The molecular weight excluding hydrogens is 266 g/mol. The first-order valence-corrected chi connectivity index (χ1v) is 6.99. The Balaban J connectivity index is 2.63. The summed E-state index contributed by atoms with van der Waals surface area (Å²) in [7, 11) is 0. The van der Waals surface area contributed by atoms with Crippen LogP contribution in [0.3, 0.4) is 0 Å². The minimum Gasteiger partial charge on any atom is -0.292 e. The number of aromatic nitrogens is 2. The van der Waals surface area contributed by atoms with Gasteiger partial charge in [-0.2, -0.15) is 0 Å². The molecule has 0 radical (unpaired) electrons. The zero-order valence-electron chi connectivity index (χ0n) is 10.1. The van der Waals surface area contributed by atoms with Gasteiger partial charge in [-0.05, 0) is 18.9 Å². The van der Waals surface area contributed by atoms with Crippen LogP contribution >= 0.6 is 15.9 Å². The van der Waals surface area contributed by atoms with E-state index in [1.165, 1.54) is 12.8 Å². The molecule has 0 amide bonds. The summed E-state index contributed by atoms with van der Waals surface area (Å²) in [6.07, 6.45) is 5.97. The molecule has 0 aliphatic rings. The van der Waals surface area contributed by atoms with E-state index in [2.05, 4.69) is 44.6 Å². The SMILES string of the molecule is CCC(CC)N(CCBr)Cc1ncccn1. The maximum atomic E-state index is 4.28. The summed E-state index contributed by atoms with van der Waals surface area (Å²) in [6, 6.07) is 2.48.